The summed E-state index contributed by atoms with van der Waals surface area (Å²) < 4.78 is 21.0. The van der Waals surface area contributed by atoms with Crippen molar-refractivity contribution in [2.24, 2.45) is 0 Å². The van der Waals surface area contributed by atoms with Crippen molar-refractivity contribution >= 4 is 23.0 Å². The third kappa shape index (κ3) is 7.01. The number of carboxylic acid groups (broad SMARTS) is 1. The quantitative estimate of drug-likeness (QED) is 0.437. The molecule has 86 valence electrons. The molecular weight excluding hydrogens is 280 g/mol. The Morgan fingerprint density at radius 1 is 1.17 bits per heavy atom. The molecule has 1 N–H and O–H groups in total. The molecule has 1 aromatic rings. The van der Waals surface area contributed by atoms with Crippen molar-refractivity contribution in [1.82, 2.24) is 5.32 Å². The molecule has 0 spiro atoms. The Bertz CT molecular complexity index is 437. The molecule has 0 heterocycles. The molecule has 0 bridgehead atoms. The summed E-state index contributed by atoms with van der Waals surface area (Å²) >= 11 is -2.35. The van der Waals surface area contributed by atoms with Gasteiger partial charge in [0.25, 0.3) is 5.91 Å². The summed E-state index contributed by atoms with van der Waals surface area (Å²) in [6.07, 6.45) is 0. The fourth-order valence-corrected chi connectivity index (χ4v) is 1.33. The van der Waals surface area contributed by atoms with Crippen LogP contribution in [0.4, 0.5) is 0 Å². The second kappa shape index (κ2) is 10.1. The van der Waals surface area contributed by atoms with Crippen LogP contribution in [-0.2, 0) is 15.9 Å². The van der Waals surface area contributed by atoms with Crippen LogP contribution in [0.15, 0.2) is 29.2 Å². The molecular formula is C9H7NNa2O5S. The van der Waals surface area contributed by atoms with E-state index in [1.54, 1.807) is 0 Å². The van der Waals surface area contributed by atoms with Crippen LogP contribution in [-0.4, -0.2) is 27.2 Å². The first-order valence-corrected chi connectivity index (χ1v) is 5.25. The fourth-order valence-electron chi connectivity index (χ4n) is 0.972. The van der Waals surface area contributed by atoms with Gasteiger partial charge < -0.3 is 19.8 Å². The maximum absolute atomic E-state index is 11.3. The van der Waals surface area contributed by atoms with Crippen molar-refractivity contribution in [3.05, 3.63) is 29.8 Å². The number of hydrogen-bond donors (Lipinski definition) is 1. The summed E-state index contributed by atoms with van der Waals surface area (Å²) in [4.78, 5) is 21.4. The largest absolute Gasteiger partial charge is 1.00 e. The van der Waals surface area contributed by atoms with Crippen LogP contribution in [0, 0.1) is 0 Å². The van der Waals surface area contributed by atoms with Gasteiger partial charge in [-0.3, -0.25) is 9.00 Å². The van der Waals surface area contributed by atoms with Gasteiger partial charge in [-0.15, -0.1) is 0 Å². The van der Waals surface area contributed by atoms with Gasteiger partial charge in [0.05, 0.1) is 12.5 Å². The first-order chi connectivity index (χ1) is 7.50. The molecule has 1 aromatic carbocycles. The summed E-state index contributed by atoms with van der Waals surface area (Å²) in [6.45, 7) is -0.589. The fraction of sp³-hybridized carbons (Fsp3) is 0.111. The molecule has 6 nitrogen and oxygen atoms in total. The van der Waals surface area contributed by atoms with Crippen LogP contribution in [0.5, 0.6) is 0 Å². The summed E-state index contributed by atoms with van der Waals surface area (Å²) in [6, 6.07) is 5.07. The van der Waals surface area contributed by atoms with Crippen LogP contribution in [0.1, 0.15) is 10.4 Å². The molecule has 1 atom stereocenters. The topological polar surface area (TPSA) is 109 Å². The van der Waals surface area contributed by atoms with Gasteiger partial charge >= 0.3 is 59.1 Å². The van der Waals surface area contributed by atoms with E-state index in [1.165, 1.54) is 24.3 Å². The number of rotatable bonds is 4. The first-order valence-electron chi connectivity index (χ1n) is 4.18. The van der Waals surface area contributed by atoms with Gasteiger partial charge in [-0.2, -0.15) is 0 Å². The average Bonchev–Trinajstić information content (AvgIpc) is 2.26. The molecule has 9 heteroatoms. The minimum absolute atomic E-state index is 0. The summed E-state index contributed by atoms with van der Waals surface area (Å²) in [5.74, 6) is -2.00. The van der Waals surface area contributed by atoms with Gasteiger partial charge in [0.1, 0.15) is 0 Å². The molecule has 0 aliphatic rings. The number of amides is 1. The zero-order valence-electron chi connectivity index (χ0n) is 9.97. The second-order valence-corrected chi connectivity index (χ2v) is 3.75. The Morgan fingerprint density at radius 2 is 1.67 bits per heavy atom. The number of hydrogen-bond acceptors (Lipinski definition) is 5. The monoisotopic (exact) mass is 287 g/mol. The van der Waals surface area contributed by atoms with E-state index >= 15 is 0 Å². The first kappa shape index (κ1) is 20.6. The molecule has 1 rings (SSSR count). The number of benzene rings is 1. The van der Waals surface area contributed by atoms with Gasteiger partial charge in [-0.05, 0) is 35.3 Å². The van der Waals surface area contributed by atoms with Crippen LogP contribution in [0.25, 0.3) is 0 Å². The predicted octanol–water partition coefficient (Wildman–Crippen LogP) is -7.59. The zero-order chi connectivity index (χ0) is 12.1. The Morgan fingerprint density at radius 3 is 2.06 bits per heavy atom. The maximum atomic E-state index is 11.3. The van der Waals surface area contributed by atoms with Gasteiger partial charge in [0.2, 0.25) is 0 Å². The molecule has 0 saturated heterocycles. The third-order valence-corrected chi connectivity index (χ3v) is 2.36. The number of aliphatic carboxylic acids is 1. The maximum Gasteiger partial charge on any atom is 1.00 e. The SMILES string of the molecule is O=C([O-])CNC(=O)c1ccc(S(=O)[O-])cc1.[Na+].[Na+]. The van der Waals surface area contributed by atoms with E-state index in [9.17, 15) is 23.5 Å². The Labute approximate surface area is 150 Å². The molecule has 1 amide bonds. The predicted molar refractivity (Wildman–Crippen MR) is 51.0 cm³/mol. The minimum Gasteiger partial charge on any atom is -0.768 e. The molecule has 0 fully saturated rings. The second-order valence-electron chi connectivity index (χ2n) is 2.81. The Hall–Kier alpha value is 0.270. The third-order valence-electron chi connectivity index (χ3n) is 1.70. The van der Waals surface area contributed by atoms with Crippen molar-refractivity contribution in [2.45, 2.75) is 4.90 Å². The van der Waals surface area contributed by atoms with E-state index in [2.05, 4.69) is 5.32 Å². The van der Waals surface area contributed by atoms with Gasteiger partial charge in [0, 0.05) is 10.5 Å². The number of carbonyl (C=O) groups excluding carboxylic acids is 2. The Kier molecular flexibility index (Phi) is 11.6. The zero-order valence-corrected chi connectivity index (χ0v) is 14.8. The normalized spacial score (nSPS) is 10.5. The van der Waals surface area contributed by atoms with E-state index < -0.39 is 29.5 Å². The van der Waals surface area contributed by atoms with Crippen LogP contribution >= 0.6 is 0 Å². The van der Waals surface area contributed by atoms with E-state index in [0.717, 1.165) is 0 Å². The van der Waals surface area contributed by atoms with Crippen molar-refractivity contribution < 1.29 is 82.6 Å². The molecule has 0 saturated carbocycles. The van der Waals surface area contributed by atoms with Gasteiger partial charge in [-0.1, -0.05) is 0 Å². The van der Waals surface area contributed by atoms with Crippen LogP contribution < -0.4 is 69.5 Å². The van der Waals surface area contributed by atoms with E-state index in [4.69, 9.17) is 0 Å². The van der Waals surface area contributed by atoms with Crippen molar-refractivity contribution in [3.8, 4) is 0 Å². The molecule has 1 unspecified atom stereocenters. The summed E-state index contributed by atoms with van der Waals surface area (Å²) in [7, 11) is 0. The minimum atomic E-state index is -2.35. The average molecular weight is 287 g/mol. The van der Waals surface area contributed by atoms with Crippen LogP contribution in [0.3, 0.4) is 0 Å². The van der Waals surface area contributed by atoms with E-state index in [-0.39, 0.29) is 69.6 Å². The smallest absolute Gasteiger partial charge is 0.768 e. The molecule has 0 aliphatic heterocycles. The van der Waals surface area contributed by atoms with Crippen molar-refractivity contribution in [3.63, 3.8) is 0 Å². The van der Waals surface area contributed by atoms with Crippen molar-refractivity contribution in [2.75, 3.05) is 6.54 Å². The molecule has 0 radical (unpaired) electrons. The summed E-state index contributed by atoms with van der Waals surface area (Å²) in [5, 5.41) is 12.2. The molecule has 18 heavy (non-hydrogen) atoms. The number of nitrogens with one attached hydrogen (secondary N) is 1. The molecule has 0 aliphatic carbocycles. The van der Waals surface area contributed by atoms with E-state index in [0.29, 0.717) is 0 Å². The van der Waals surface area contributed by atoms with Crippen molar-refractivity contribution in [1.29, 1.82) is 0 Å². The molecule has 0 aromatic heterocycles. The standard InChI is InChI=1S/C9H9NO5S.2Na/c11-8(12)5-10-9(13)6-1-3-7(4-2-6)16(14)15;;/h1-4H,5H2,(H,10,13)(H,11,12)(H,14,15);;/q;2*+1/p-2. The van der Waals surface area contributed by atoms with Gasteiger partial charge in [-0.25, -0.2) is 0 Å². The Balaban J connectivity index is 0. The summed E-state index contributed by atoms with van der Waals surface area (Å²) in [5.41, 5.74) is 0.176. The van der Waals surface area contributed by atoms with Crippen LogP contribution in [0.2, 0.25) is 0 Å². The number of carbonyl (C=O) groups is 2. The van der Waals surface area contributed by atoms with Gasteiger partial charge in [0.15, 0.2) is 0 Å². The number of carboxylic acids is 1. The van der Waals surface area contributed by atoms with E-state index in [1.807, 2.05) is 0 Å².